The Morgan fingerprint density at radius 3 is 2.81 bits per heavy atom. The predicted octanol–water partition coefficient (Wildman–Crippen LogP) is 3.26. The maximum atomic E-state index is 6.06. The summed E-state index contributed by atoms with van der Waals surface area (Å²) in [7, 11) is 5.26. The number of nitrogens with zero attached hydrogens (tertiary/aromatic N) is 2. The first-order valence-electron chi connectivity index (χ1n) is 9.17. The standard InChI is InChI=1S/C20H29N3O3/c1-14(15-7-8-18(24-3)19(10-15)25-4)21-11-16-6-5-9-26-20(16)17-12-22-23(2)13-17/h7-8,10,12-14,16,20-21H,5-6,9,11H2,1-4H3/t14?,16-,20+/m0/s1. The van der Waals surface area contributed by atoms with Crippen LogP contribution in [0.5, 0.6) is 11.5 Å². The Balaban J connectivity index is 1.65. The van der Waals surface area contributed by atoms with Crippen molar-refractivity contribution in [1.29, 1.82) is 0 Å². The molecule has 0 spiro atoms. The number of nitrogens with one attached hydrogen (secondary N) is 1. The van der Waals surface area contributed by atoms with Crippen LogP contribution in [-0.2, 0) is 11.8 Å². The van der Waals surface area contributed by atoms with E-state index in [2.05, 4.69) is 29.6 Å². The first-order valence-corrected chi connectivity index (χ1v) is 9.17. The molecule has 0 amide bonds. The Labute approximate surface area is 155 Å². The lowest BCUT2D eigenvalue weighted by Crippen LogP contribution is -2.33. The van der Waals surface area contributed by atoms with Crippen LogP contribution in [0.4, 0.5) is 0 Å². The minimum absolute atomic E-state index is 0.113. The van der Waals surface area contributed by atoms with Gasteiger partial charge in [0.05, 0.1) is 26.5 Å². The second-order valence-electron chi connectivity index (χ2n) is 6.89. The van der Waals surface area contributed by atoms with Crippen molar-refractivity contribution in [2.75, 3.05) is 27.4 Å². The topological polar surface area (TPSA) is 57.5 Å². The molecular formula is C20H29N3O3. The molecule has 1 N–H and O–H groups in total. The fourth-order valence-electron chi connectivity index (χ4n) is 3.58. The molecule has 1 fully saturated rings. The van der Waals surface area contributed by atoms with Gasteiger partial charge in [-0.25, -0.2) is 0 Å². The molecule has 1 aromatic carbocycles. The van der Waals surface area contributed by atoms with Crippen molar-refractivity contribution in [3.8, 4) is 11.5 Å². The van der Waals surface area contributed by atoms with E-state index in [1.165, 1.54) is 5.56 Å². The maximum Gasteiger partial charge on any atom is 0.161 e. The molecule has 3 rings (SSSR count). The molecule has 26 heavy (non-hydrogen) atoms. The zero-order chi connectivity index (χ0) is 18.5. The van der Waals surface area contributed by atoms with Crippen LogP contribution in [0.3, 0.4) is 0 Å². The van der Waals surface area contributed by atoms with Crippen LogP contribution >= 0.6 is 0 Å². The number of hydrogen-bond acceptors (Lipinski definition) is 5. The number of rotatable bonds is 7. The third kappa shape index (κ3) is 4.19. The second-order valence-corrected chi connectivity index (χ2v) is 6.89. The van der Waals surface area contributed by atoms with Crippen molar-refractivity contribution >= 4 is 0 Å². The minimum Gasteiger partial charge on any atom is -0.493 e. The monoisotopic (exact) mass is 359 g/mol. The quantitative estimate of drug-likeness (QED) is 0.822. The van der Waals surface area contributed by atoms with E-state index in [0.717, 1.165) is 43.1 Å². The Morgan fingerprint density at radius 1 is 1.31 bits per heavy atom. The van der Waals surface area contributed by atoms with Gasteiger partial charge in [0.2, 0.25) is 0 Å². The van der Waals surface area contributed by atoms with Crippen molar-refractivity contribution < 1.29 is 14.2 Å². The van der Waals surface area contributed by atoms with E-state index in [1.807, 2.05) is 30.1 Å². The summed E-state index contributed by atoms with van der Waals surface area (Å²) in [4.78, 5) is 0. The van der Waals surface area contributed by atoms with Crippen molar-refractivity contribution in [3.05, 3.63) is 41.7 Å². The molecule has 1 unspecified atom stereocenters. The van der Waals surface area contributed by atoms with Crippen LogP contribution < -0.4 is 14.8 Å². The van der Waals surface area contributed by atoms with Crippen molar-refractivity contribution in [1.82, 2.24) is 15.1 Å². The molecule has 0 radical (unpaired) electrons. The van der Waals surface area contributed by atoms with Crippen molar-refractivity contribution in [3.63, 3.8) is 0 Å². The number of aromatic nitrogens is 2. The third-order valence-corrected chi connectivity index (χ3v) is 5.09. The lowest BCUT2D eigenvalue weighted by molar-refractivity contribution is -0.0284. The highest BCUT2D eigenvalue weighted by Gasteiger charge is 2.28. The molecule has 2 heterocycles. The van der Waals surface area contributed by atoms with E-state index in [1.54, 1.807) is 14.2 Å². The summed E-state index contributed by atoms with van der Waals surface area (Å²) in [5.74, 6) is 1.95. The first-order chi connectivity index (χ1) is 12.6. The Morgan fingerprint density at radius 2 is 2.12 bits per heavy atom. The molecule has 6 nitrogen and oxygen atoms in total. The predicted molar refractivity (Wildman–Crippen MR) is 101 cm³/mol. The van der Waals surface area contributed by atoms with Gasteiger partial charge in [-0.1, -0.05) is 6.07 Å². The number of ether oxygens (including phenoxy) is 3. The summed E-state index contributed by atoms with van der Waals surface area (Å²) < 4.78 is 18.6. The van der Waals surface area contributed by atoms with Crippen LogP contribution in [0.1, 0.15) is 43.0 Å². The second kappa shape index (κ2) is 8.56. The number of aryl methyl sites for hydroxylation is 1. The molecule has 3 atom stereocenters. The van der Waals surface area contributed by atoms with Gasteiger partial charge < -0.3 is 19.5 Å². The highest BCUT2D eigenvalue weighted by Crippen LogP contribution is 2.34. The van der Waals surface area contributed by atoms with E-state index in [9.17, 15) is 0 Å². The Kier molecular flexibility index (Phi) is 6.16. The maximum absolute atomic E-state index is 6.06. The SMILES string of the molecule is COc1ccc(C(C)NC[C@@H]2CCCO[C@H]2c2cnn(C)c2)cc1OC. The molecule has 0 saturated carbocycles. The van der Waals surface area contributed by atoms with Crippen LogP contribution in [0.15, 0.2) is 30.6 Å². The molecule has 142 valence electrons. The van der Waals surface area contributed by atoms with E-state index in [-0.39, 0.29) is 12.1 Å². The lowest BCUT2D eigenvalue weighted by Gasteiger charge is -2.32. The van der Waals surface area contributed by atoms with Gasteiger partial charge in [-0.2, -0.15) is 5.10 Å². The average molecular weight is 359 g/mol. The summed E-state index contributed by atoms with van der Waals surface area (Å²) in [6.07, 6.45) is 6.35. The fraction of sp³-hybridized carbons (Fsp3) is 0.550. The normalized spacial score (nSPS) is 21.4. The first kappa shape index (κ1) is 18.7. The molecule has 6 heteroatoms. The molecule has 1 aliphatic heterocycles. The Bertz CT molecular complexity index is 716. The number of methoxy groups -OCH3 is 2. The van der Waals surface area contributed by atoms with Crippen LogP contribution in [-0.4, -0.2) is 37.2 Å². The summed E-state index contributed by atoms with van der Waals surface area (Å²) in [5.41, 5.74) is 2.34. The van der Waals surface area contributed by atoms with Gasteiger partial charge in [0.15, 0.2) is 11.5 Å². The Hall–Kier alpha value is -2.05. The highest BCUT2D eigenvalue weighted by atomic mass is 16.5. The van der Waals surface area contributed by atoms with Gasteiger partial charge in [0.25, 0.3) is 0 Å². The van der Waals surface area contributed by atoms with Gasteiger partial charge in [-0.3, -0.25) is 4.68 Å². The summed E-state index contributed by atoms with van der Waals surface area (Å²) in [6, 6.07) is 6.28. The summed E-state index contributed by atoms with van der Waals surface area (Å²) in [5, 5.41) is 7.96. The number of hydrogen-bond donors (Lipinski definition) is 1. The van der Waals surface area contributed by atoms with Gasteiger partial charge >= 0.3 is 0 Å². The largest absolute Gasteiger partial charge is 0.493 e. The smallest absolute Gasteiger partial charge is 0.161 e. The van der Waals surface area contributed by atoms with Crippen molar-refractivity contribution in [2.45, 2.75) is 31.9 Å². The zero-order valence-corrected chi connectivity index (χ0v) is 16.1. The fourth-order valence-corrected chi connectivity index (χ4v) is 3.58. The summed E-state index contributed by atoms with van der Waals surface area (Å²) >= 11 is 0. The van der Waals surface area contributed by atoms with E-state index in [4.69, 9.17) is 14.2 Å². The van der Waals surface area contributed by atoms with Gasteiger partial charge in [-0.15, -0.1) is 0 Å². The number of benzene rings is 1. The van der Waals surface area contributed by atoms with E-state index < -0.39 is 0 Å². The molecule has 1 saturated heterocycles. The minimum atomic E-state index is 0.113. The lowest BCUT2D eigenvalue weighted by atomic mass is 9.90. The van der Waals surface area contributed by atoms with Crippen LogP contribution in [0.2, 0.25) is 0 Å². The molecule has 0 bridgehead atoms. The molecular weight excluding hydrogens is 330 g/mol. The molecule has 1 aliphatic rings. The van der Waals surface area contributed by atoms with Crippen LogP contribution in [0, 0.1) is 5.92 Å². The third-order valence-electron chi connectivity index (χ3n) is 5.09. The van der Waals surface area contributed by atoms with E-state index in [0.29, 0.717) is 5.92 Å². The van der Waals surface area contributed by atoms with Gasteiger partial charge in [-0.05, 0) is 37.5 Å². The van der Waals surface area contributed by atoms with Gasteiger partial charge in [0, 0.05) is 43.9 Å². The highest BCUT2D eigenvalue weighted by molar-refractivity contribution is 5.43. The summed E-state index contributed by atoms with van der Waals surface area (Å²) in [6.45, 7) is 3.89. The van der Waals surface area contributed by atoms with Crippen LogP contribution in [0.25, 0.3) is 0 Å². The van der Waals surface area contributed by atoms with Gasteiger partial charge in [0.1, 0.15) is 0 Å². The van der Waals surface area contributed by atoms with E-state index >= 15 is 0 Å². The molecule has 0 aliphatic carbocycles. The average Bonchev–Trinajstić information content (AvgIpc) is 3.11. The molecule has 1 aromatic heterocycles. The zero-order valence-electron chi connectivity index (χ0n) is 16.1. The van der Waals surface area contributed by atoms with Crippen molar-refractivity contribution in [2.24, 2.45) is 13.0 Å². The molecule has 2 aromatic rings.